The van der Waals surface area contributed by atoms with Gasteiger partial charge in [-0.05, 0) is 37.9 Å². The number of hydrogen-bond donors (Lipinski definition) is 1. The standard InChI is InChI=1S/C15H26ClNS/c1-3-5-6-7-8-13(17-11-4-2)12-14-9-10-15(16)18-14/h9-10,13,17H,3-8,11-12H2,1-2H3. The van der Waals surface area contributed by atoms with Gasteiger partial charge in [-0.25, -0.2) is 0 Å². The molecule has 0 aliphatic rings. The fourth-order valence-corrected chi connectivity index (χ4v) is 3.31. The molecule has 0 aliphatic heterocycles. The lowest BCUT2D eigenvalue weighted by Crippen LogP contribution is -2.31. The Kier molecular flexibility index (Phi) is 8.74. The summed E-state index contributed by atoms with van der Waals surface area (Å²) in [5.41, 5.74) is 0. The summed E-state index contributed by atoms with van der Waals surface area (Å²) in [5.74, 6) is 0. The lowest BCUT2D eigenvalue weighted by molar-refractivity contribution is 0.455. The molecule has 3 heteroatoms. The molecule has 0 aliphatic carbocycles. The third kappa shape index (κ3) is 6.77. The molecule has 0 saturated heterocycles. The van der Waals surface area contributed by atoms with Gasteiger partial charge >= 0.3 is 0 Å². The summed E-state index contributed by atoms with van der Waals surface area (Å²) in [6, 6.07) is 4.80. The smallest absolute Gasteiger partial charge is 0.0931 e. The van der Waals surface area contributed by atoms with Gasteiger partial charge in [0.15, 0.2) is 0 Å². The quantitative estimate of drug-likeness (QED) is 0.577. The van der Waals surface area contributed by atoms with Crippen molar-refractivity contribution in [2.75, 3.05) is 6.54 Å². The second kappa shape index (κ2) is 9.82. The van der Waals surface area contributed by atoms with Gasteiger partial charge in [0.2, 0.25) is 0 Å². The average molecular weight is 288 g/mol. The first-order valence-corrected chi connectivity index (χ1v) is 8.43. The van der Waals surface area contributed by atoms with Gasteiger partial charge in [0.05, 0.1) is 4.34 Å². The van der Waals surface area contributed by atoms with Crippen LogP contribution in [0.5, 0.6) is 0 Å². The first-order valence-electron chi connectivity index (χ1n) is 7.23. The van der Waals surface area contributed by atoms with Crippen molar-refractivity contribution in [3.05, 3.63) is 21.3 Å². The number of unbranched alkanes of at least 4 members (excludes halogenated alkanes) is 3. The number of thiophene rings is 1. The van der Waals surface area contributed by atoms with E-state index in [1.807, 2.05) is 6.07 Å². The van der Waals surface area contributed by atoms with Crippen LogP contribution in [0.15, 0.2) is 12.1 Å². The number of rotatable bonds is 10. The number of hydrogen-bond acceptors (Lipinski definition) is 2. The Morgan fingerprint density at radius 1 is 1.17 bits per heavy atom. The van der Waals surface area contributed by atoms with E-state index < -0.39 is 0 Å². The number of nitrogens with one attached hydrogen (secondary N) is 1. The Bertz CT molecular complexity index is 311. The van der Waals surface area contributed by atoms with Crippen molar-refractivity contribution in [2.45, 2.75) is 64.8 Å². The second-order valence-electron chi connectivity index (χ2n) is 4.91. The van der Waals surface area contributed by atoms with Crippen LogP contribution in [0.2, 0.25) is 4.34 Å². The molecular weight excluding hydrogens is 262 g/mol. The Morgan fingerprint density at radius 3 is 2.61 bits per heavy atom. The van der Waals surface area contributed by atoms with Gasteiger partial charge in [0.1, 0.15) is 0 Å². The van der Waals surface area contributed by atoms with Gasteiger partial charge in [0, 0.05) is 10.9 Å². The summed E-state index contributed by atoms with van der Waals surface area (Å²) >= 11 is 7.71. The third-order valence-electron chi connectivity index (χ3n) is 3.17. The highest BCUT2D eigenvalue weighted by Crippen LogP contribution is 2.23. The lowest BCUT2D eigenvalue weighted by Gasteiger charge is -2.17. The molecule has 0 spiro atoms. The fourth-order valence-electron chi connectivity index (χ4n) is 2.15. The topological polar surface area (TPSA) is 12.0 Å². The highest BCUT2D eigenvalue weighted by molar-refractivity contribution is 7.16. The zero-order chi connectivity index (χ0) is 13.2. The second-order valence-corrected chi connectivity index (χ2v) is 6.71. The molecule has 1 atom stereocenters. The maximum absolute atomic E-state index is 5.99. The van der Waals surface area contributed by atoms with Crippen molar-refractivity contribution in [1.82, 2.24) is 5.32 Å². The van der Waals surface area contributed by atoms with Crippen LogP contribution in [0.4, 0.5) is 0 Å². The summed E-state index contributed by atoms with van der Waals surface area (Å²) < 4.78 is 0.908. The van der Waals surface area contributed by atoms with E-state index in [4.69, 9.17) is 11.6 Å². The predicted molar refractivity (Wildman–Crippen MR) is 83.9 cm³/mol. The summed E-state index contributed by atoms with van der Waals surface area (Å²) in [6.07, 6.45) is 9.01. The predicted octanol–water partition coefficient (Wildman–Crippen LogP) is 5.28. The van der Waals surface area contributed by atoms with Crippen LogP contribution in [0.1, 0.15) is 57.2 Å². The maximum atomic E-state index is 5.99. The lowest BCUT2D eigenvalue weighted by atomic mass is 10.0. The summed E-state index contributed by atoms with van der Waals surface area (Å²) in [7, 11) is 0. The summed E-state index contributed by atoms with van der Waals surface area (Å²) in [6.45, 7) is 5.61. The highest BCUT2D eigenvalue weighted by Gasteiger charge is 2.10. The molecule has 1 aromatic heterocycles. The van der Waals surface area contributed by atoms with E-state index in [9.17, 15) is 0 Å². The van der Waals surface area contributed by atoms with Crippen molar-refractivity contribution in [1.29, 1.82) is 0 Å². The van der Waals surface area contributed by atoms with Crippen molar-refractivity contribution in [2.24, 2.45) is 0 Å². The molecule has 0 fully saturated rings. The molecule has 0 amide bonds. The van der Waals surface area contributed by atoms with Crippen LogP contribution in [-0.4, -0.2) is 12.6 Å². The van der Waals surface area contributed by atoms with Crippen LogP contribution in [-0.2, 0) is 6.42 Å². The minimum absolute atomic E-state index is 0.622. The van der Waals surface area contributed by atoms with Crippen molar-refractivity contribution in [3.8, 4) is 0 Å². The van der Waals surface area contributed by atoms with E-state index in [0.717, 1.165) is 17.3 Å². The van der Waals surface area contributed by atoms with Crippen LogP contribution in [0.25, 0.3) is 0 Å². The van der Waals surface area contributed by atoms with Gasteiger partial charge in [-0.1, -0.05) is 51.1 Å². The van der Waals surface area contributed by atoms with Gasteiger partial charge < -0.3 is 5.32 Å². The van der Waals surface area contributed by atoms with E-state index in [1.54, 1.807) is 11.3 Å². The minimum atomic E-state index is 0.622. The summed E-state index contributed by atoms with van der Waals surface area (Å²) in [5, 5.41) is 3.67. The Balaban J connectivity index is 2.34. The third-order valence-corrected chi connectivity index (χ3v) is 4.42. The largest absolute Gasteiger partial charge is 0.314 e. The molecule has 104 valence electrons. The zero-order valence-electron chi connectivity index (χ0n) is 11.7. The van der Waals surface area contributed by atoms with E-state index in [-0.39, 0.29) is 0 Å². The first kappa shape index (κ1) is 16.0. The molecule has 0 radical (unpaired) electrons. The Hall–Kier alpha value is -0.0500. The van der Waals surface area contributed by atoms with Gasteiger partial charge in [0.25, 0.3) is 0 Å². The van der Waals surface area contributed by atoms with Crippen molar-refractivity contribution < 1.29 is 0 Å². The highest BCUT2D eigenvalue weighted by atomic mass is 35.5. The van der Waals surface area contributed by atoms with E-state index in [2.05, 4.69) is 25.2 Å². The summed E-state index contributed by atoms with van der Waals surface area (Å²) in [4.78, 5) is 1.41. The molecular formula is C15H26ClNS. The minimum Gasteiger partial charge on any atom is -0.314 e. The average Bonchev–Trinajstić information content (AvgIpc) is 2.77. The maximum Gasteiger partial charge on any atom is 0.0931 e. The first-order chi connectivity index (χ1) is 8.76. The molecule has 1 unspecified atom stereocenters. The van der Waals surface area contributed by atoms with Crippen molar-refractivity contribution in [3.63, 3.8) is 0 Å². The van der Waals surface area contributed by atoms with Crippen LogP contribution in [0, 0.1) is 0 Å². The molecule has 1 rings (SSSR count). The monoisotopic (exact) mass is 287 g/mol. The van der Waals surface area contributed by atoms with Crippen molar-refractivity contribution >= 4 is 22.9 Å². The van der Waals surface area contributed by atoms with Crippen LogP contribution < -0.4 is 5.32 Å². The van der Waals surface area contributed by atoms with Crippen LogP contribution in [0.3, 0.4) is 0 Å². The van der Waals surface area contributed by atoms with Gasteiger partial charge in [-0.15, -0.1) is 11.3 Å². The Morgan fingerprint density at radius 2 is 2.00 bits per heavy atom. The van der Waals surface area contributed by atoms with E-state index >= 15 is 0 Å². The zero-order valence-corrected chi connectivity index (χ0v) is 13.2. The van der Waals surface area contributed by atoms with Gasteiger partial charge in [-0.2, -0.15) is 0 Å². The Labute approximate surface area is 121 Å². The SMILES string of the molecule is CCCCCCC(Cc1ccc(Cl)s1)NCCC. The fraction of sp³-hybridized carbons (Fsp3) is 0.733. The molecule has 1 heterocycles. The molecule has 18 heavy (non-hydrogen) atoms. The van der Waals surface area contributed by atoms with Crippen LogP contribution >= 0.6 is 22.9 Å². The molecule has 1 N–H and O–H groups in total. The normalized spacial score (nSPS) is 12.8. The molecule has 0 bridgehead atoms. The molecule has 0 aromatic carbocycles. The molecule has 1 aromatic rings. The van der Waals surface area contributed by atoms with E-state index in [1.165, 1.54) is 43.4 Å². The molecule has 0 saturated carbocycles. The van der Waals surface area contributed by atoms with Gasteiger partial charge in [-0.3, -0.25) is 0 Å². The van der Waals surface area contributed by atoms with E-state index in [0.29, 0.717) is 6.04 Å². The molecule has 1 nitrogen and oxygen atoms in total. The number of halogens is 1.